The fourth-order valence-electron chi connectivity index (χ4n) is 4.20. The summed E-state index contributed by atoms with van der Waals surface area (Å²) in [6.07, 6.45) is 1.72. The Kier molecular flexibility index (Phi) is 8.51. The third-order valence-corrected chi connectivity index (χ3v) is 6.04. The number of ether oxygens (including phenoxy) is 3. The molecule has 0 amide bonds. The number of carbonyl (C=O) groups is 1. The Labute approximate surface area is 208 Å². The zero-order chi connectivity index (χ0) is 25.5. The van der Waals surface area contributed by atoms with E-state index in [1.165, 1.54) is 6.07 Å². The third-order valence-electron chi connectivity index (χ3n) is 6.04. The zero-order valence-electron chi connectivity index (χ0n) is 19.8. The van der Waals surface area contributed by atoms with Gasteiger partial charge in [0.1, 0.15) is 37.2 Å². The summed E-state index contributed by atoms with van der Waals surface area (Å²) in [5, 5.41) is 9.18. The van der Waals surface area contributed by atoms with E-state index in [4.69, 9.17) is 19.9 Å². The number of hydrogen-bond donors (Lipinski definition) is 2. The molecule has 0 saturated carbocycles. The average molecular weight is 498 g/mol. The van der Waals surface area contributed by atoms with Crippen molar-refractivity contribution in [1.82, 2.24) is 0 Å². The molecule has 1 saturated heterocycles. The van der Waals surface area contributed by atoms with E-state index in [-0.39, 0.29) is 30.3 Å². The highest BCUT2D eigenvalue weighted by molar-refractivity contribution is 5.71. The predicted molar refractivity (Wildman–Crippen MR) is 131 cm³/mol. The summed E-state index contributed by atoms with van der Waals surface area (Å²) in [6, 6.07) is 15.9. The van der Waals surface area contributed by atoms with Crippen LogP contribution in [-0.4, -0.2) is 37.1 Å². The topological polar surface area (TPSA) is 91.0 Å². The second-order valence-electron chi connectivity index (χ2n) is 8.75. The van der Waals surface area contributed by atoms with Crippen LogP contribution in [0.2, 0.25) is 0 Å². The molecule has 1 aliphatic heterocycles. The first kappa shape index (κ1) is 25.6. The van der Waals surface area contributed by atoms with Crippen LogP contribution >= 0.6 is 0 Å². The van der Waals surface area contributed by atoms with Gasteiger partial charge in [0.2, 0.25) is 0 Å². The maximum atomic E-state index is 15.3. The van der Waals surface area contributed by atoms with Crippen LogP contribution < -0.4 is 15.2 Å². The Morgan fingerprint density at radius 2 is 1.97 bits per heavy atom. The lowest BCUT2D eigenvalue weighted by molar-refractivity contribution is -0.136. The fourth-order valence-corrected chi connectivity index (χ4v) is 4.20. The summed E-state index contributed by atoms with van der Waals surface area (Å²) in [6.45, 7) is 0.294. The van der Waals surface area contributed by atoms with E-state index in [9.17, 15) is 14.3 Å². The molecule has 0 aliphatic carbocycles. The number of alkyl halides is 1. The van der Waals surface area contributed by atoms with Crippen molar-refractivity contribution >= 4 is 5.97 Å². The molecule has 3 aromatic carbocycles. The molecule has 0 bridgehead atoms. The summed E-state index contributed by atoms with van der Waals surface area (Å²) in [5.74, 6) is -0.577. The lowest BCUT2D eigenvalue weighted by Crippen LogP contribution is -2.16. The normalized spacial score (nSPS) is 16.0. The smallest absolute Gasteiger partial charge is 0.307 e. The molecule has 0 aromatic heterocycles. The highest BCUT2D eigenvalue weighted by Gasteiger charge is 2.19. The van der Waals surface area contributed by atoms with Gasteiger partial charge in [0.15, 0.2) is 0 Å². The standard InChI is InChI=1S/C28H29F2NO5/c29-15-25(31)24-8-3-7-23(28(24)30)20-11-18(12-22(13-20)35-17-21-6-4-10-34-21)16-36-26-9-2-1-5-19(26)14-27(32)33/h1-3,5,7-9,11-13,21,25H,4,6,10,14-17,31H2,(H,32,33)/t21-,25+/m1/s1. The molecule has 3 N–H and O–H groups in total. The van der Waals surface area contributed by atoms with Crippen LogP contribution in [0, 0.1) is 5.82 Å². The van der Waals surface area contributed by atoms with Crippen molar-refractivity contribution < 1.29 is 32.9 Å². The molecule has 2 atom stereocenters. The fraction of sp³-hybridized carbons (Fsp3) is 0.321. The molecular formula is C28H29F2NO5. The van der Waals surface area contributed by atoms with Crippen molar-refractivity contribution in [3.05, 3.63) is 83.2 Å². The Morgan fingerprint density at radius 1 is 1.14 bits per heavy atom. The maximum Gasteiger partial charge on any atom is 0.307 e. The molecular weight excluding hydrogens is 468 g/mol. The average Bonchev–Trinajstić information content (AvgIpc) is 3.40. The second-order valence-corrected chi connectivity index (χ2v) is 8.75. The first-order chi connectivity index (χ1) is 17.4. The van der Waals surface area contributed by atoms with Crippen molar-refractivity contribution in [3.8, 4) is 22.6 Å². The van der Waals surface area contributed by atoms with E-state index in [2.05, 4.69) is 0 Å². The summed E-state index contributed by atoms with van der Waals surface area (Å²) >= 11 is 0. The van der Waals surface area contributed by atoms with E-state index in [0.717, 1.165) is 12.8 Å². The van der Waals surface area contributed by atoms with Crippen LogP contribution in [0.1, 0.15) is 35.6 Å². The van der Waals surface area contributed by atoms with Crippen molar-refractivity contribution in [1.29, 1.82) is 0 Å². The van der Waals surface area contributed by atoms with Crippen LogP contribution in [0.25, 0.3) is 11.1 Å². The molecule has 36 heavy (non-hydrogen) atoms. The van der Waals surface area contributed by atoms with E-state index in [1.54, 1.807) is 54.6 Å². The van der Waals surface area contributed by atoms with Crippen LogP contribution in [0.5, 0.6) is 11.5 Å². The van der Waals surface area contributed by atoms with Gasteiger partial charge in [0.05, 0.1) is 18.6 Å². The Morgan fingerprint density at radius 3 is 2.72 bits per heavy atom. The summed E-state index contributed by atoms with van der Waals surface area (Å²) < 4.78 is 46.1. The lowest BCUT2D eigenvalue weighted by Gasteiger charge is -2.17. The second kappa shape index (κ2) is 12.0. The summed E-state index contributed by atoms with van der Waals surface area (Å²) in [7, 11) is 0. The van der Waals surface area contributed by atoms with E-state index in [0.29, 0.717) is 41.4 Å². The summed E-state index contributed by atoms with van der Waals surface area (Å²) in [5.41, 5.74) is 7.91. The molecule has 6 nitrogen and oxygen atoms in total. The third kappa shape index (κ3) is 6.38. The number of nitrogens with two attached hydrogens (primary N) is 1. The number of hydrogen-bond acceptors (Lipinski definition) is 5. The molecule has 0 radical (unpaired) electrons. The monoisotopic (exact) mass is 497 g/mol. The molecule has 4 rings (SSSR count). The Balaban J connectivity index is 1.64. The van der Waals surface area contributed by atoms with Gasteiger partial charge in [-0.15, -0.1) is 0 Å². The van der Waals surface area contributed by atoms with Crippen LogP contribution in [0.15, 0.2) is 60.7 Å². The number of benzene rings is 3. The van der Waals surface area contributed by atoms with Gasteiger partial charge in [0, 0.05) is 23.3 Å². The van der Waals surface area contributed by atoms with Crippen LogP contribution in [0.3, 0.4) is 0 Å². The lowest BCUT2D eigenvalue weighted by atomic mass is 9.97. The van der Waals surface area contributed by atoms with E-state index < -0.39 is 24.5 Å². The molecule has 8 heteroatoms. The Bertz CT molecular complexity index is 1200. The summed E-state index contributed by atoms with van der Waals surface area (Å²) in [4.78, 5) is 11.2. The van der Waals surface area contributed by atoms with Gasteiger partial charge in [-0.2, -0.15) is 0 Å². The maximum absolute atomic E-state index is 15.3. The van der Waals surface area contributed by atoms with Crippen LogP contribution in [0.4, 0.5) is 8.78 Å². The van der Waals surface area contributed by atoms with Gasteiger partial charge in [0.25, 0.3) is 0 Å². The van der Waals surface area contributed by atoms with Gasteiger partial charge >= 0.3 is 5.97 Å². The van der Waals surface area contributed by atoms with Crippen LogP contribution in [-0.2, 0) is 22.6 Å². The highest BCUT2D eigenvalue weighted by atomic mass is 19.1. The minimum absolute atomic E-state index is 0.00105. The number of carboxylic acid groups (broad SMARTS) is 1. The molecule has 3 aromatic rings. The minimum Gasteiger partial charge on any atom is -0.491 e. The first-order valence-corrected chi connectivity index (χ1v) is 11.9. The predicted octanol–water partition coefficient (Wildman–Crippen LogP) is 5.23. The van der Waals surface area contributed by atoms with Gasteiger partial charge in [-0.05, 0) is 48.2 Å². The molecule has 1 heterocycles. The highest BCUT2D eigenvalue weighted by Crippen LogP contribution is 2.32. The van der Waals surface area contributed by atoms with Gasteiger partial charge < -0.3 is 25.1 Å². The number of carboxylic acids is 1. The van der Waals surface area contributed by atoms with Gasteiger partial charge in [-0.1, -0.05) is 36.4 Å². The molecule has 1 aliphatic rings. The molecule has 1 fully saturated rings. The van der Waals surface area contributed by atoms with E-state index in [1.807, 2.05) is 0 Å². The molecule has 0 spiro atoms. The Hall–Kier alpha value is -3.49. The van der Waals surface area contributed by atoms with E-state index >= 15 is 4.39 Å². The van der Waals surface area contributed by atoms with Gasteiger partial charge in [-0.3, -0.25) is 4.79 Å². The SMILES string of the molecule is N[C@@H](CF)c1cccc(-c2cc(COc3ccccc3CC(=O)O)cc(OC[C@H]3CCCO3)c2)c1F. The largest absolute Gasteiger partial charge is 0.491 e. The van der Waals surface area contributed by atoms with Crippen molar-refractivity contribution in [3.63, 3.8) is 0 Å². The number of aliphatic carboxylic acids is 1. The van der Waals surface area contributed by atoms with Crippen molar-refractivity contribution in [2.24, 2.45) is 5.73 Å². The zero-order valence-corrected chi connectivity index (χ0v) is 19.8. The van der Waals surface area contributed by atoms with Gasteiger partial charge in [-0.25, -0.2) is 8.78 Å². The molecule has 0 unspecified atom stereocenters. The number of rotatable bonds is 11. The first-order valence-electron chi connectivity index (χ1n) is 11.9. The van der Waals surface area contributed by atoms with Crippen molar-refractivity contribution in [2.45, 2.75) is 38.0 Å². The minimum atomic E-state index is -1.06. The van der Waals surface area contributed by atoms with Crippen molar-refractivity contribution in [2.75, 3.05) is 19.9 Å². The number of para-hydroxylation sites is 1. The quantitative estimate of drug-likeness (QED) is 0.377. The number of halogens is 2. The molecule has 190 valence electrons.